The number of carbonyl (C=O) groups is 1. The molecular weight excluding hydrogens is 464 g/mol. The van der Waals surface area contributed by atoms with Crippen LogP contribution in [0.1, 0.15) is 49.6 Å². The van der Waals surface area contributed by atoms with Gasteiger partial charge in [-0.25, -0.2) is 9.78 Å². The van der Waals surface area contributed by atoms with Crippen molar-refractivity contribution in [3.8, 4) is 11.8 Å². The van der Waals surface area contributed by atoms with Crippen molar-refractivity contribution in [2.45, 2.75) is 49.5 Å². The summed E-state index contributed by atoms with van der Waals surface area (Å²) in [6, 6.07) is 4.00. The van der Waals surface area contributed by atoms with Crippen LogP contribution in [0.3, 0.4) is 0 Å². The van der Waals surface area contributed by atoms with Crippen LogP contribution in [-0.2, 0) is 22.0 Å². The molecule has 10 heteroatoms. The zero-order chi connectivity index (χ0) is 24.4. The minimum absolute atomic E-state index is 0.161. The first-order valence-corrected chi connectivity index (χ1v) is 13.1. The van der Waals surface area contributed by atoms with Crippen molar-refractivity contribution in [1.29, 1.82) is 0 Å². The maximum atomic E-state index is 12.7. The van der Waals surface area contributed by atoms with Gasteiger partial charge in [-0.3, -0.25) is 9.19 Å². The van der Waals surface area contributed by atoms with E-state index in [1.54, 1.807) is 6.20 Å². The number of nitrogens with zero attached hydrogens (tertiary/aromatic N) is 4. The van der Waals surface area contributed by atoms with E-state index in [0.717, 1.165) is 49.2 Å². The Kier molecular flexibility index (Phi) is 6.43. The highest BCUT2D eigenvalue weighted by molar-refractivity contribution is 7.85. The molecule has 1 fully saturated rings. The lowest BCUT2D eigenvalue weighted by Crippen LogP contribution is -2.50. The maximum Gasteiger partial charge on any atom is 0.404 e. The number of hydrogen-bond acceptors (Lipinski definition) is 8. The molecule has 0 unspecified atom stereocenters. The van der Waals surface area contributed by atoms with Gasteiger partial charge in [0.25, 0.3) is 0 Å². The van der Waals surface area contributed by atoms with Crippen molar-refractivity contribution in [3.05, 3.63) is 41.4 Å². The van der Waals surface area contributed by atoms with Gasteiger partial charge in [0.05, 0.1) is 27.7 Å². The Balaban J connectivity index is 1.37. The number of fused-ring (bicyclic) bond motifs is 1. The number of nitrogens with one attached hydrogen (secondary N) is 1. The van der Waals surface area contributed by atoms with Gasteiger partial charge >= 0.3 is 6.09 Å². The molecule has 35 heavy (non-hydrogen) atoms. The molecule has 2 aromatic rings. The molecule has 182 valence electrons. The monoisotopic (exact) mass is 492 g/mol. The lowest BCUT2D eigenvalue weighted by atomic mass is 9.77. The number of pyridine rings is 1. The Hall–Kier alpha value is -3.45. The van der Waals surface area contributed by atoms with Crippen LogP contribution in [0, 0.1) is 11.8 Å². The summed E-state index contributed by atoms with van der Waals surface area (Å²) in [5, 5.41) is 3.47. The number of ether oxygens (including phenoxy) is 1. The van der Waals surface area contributed by atoms with Gasteiger partial charge in [-0.15, -0.1) is 5.92 Å². The minimum Gasteiger partial charge on any atom is -0.447 e. The molecule has 0 radical (unpaired) electrons. The normalized spacial score (nSPS) is 20.1. The van der Waals surface area contributed by atoms with Crippen molar-refractivity contribution in [1.82, 2.24) is 15.0 Å². The molecular formula is C25H28N6O3S. The number of amides is 1. The van der Waals surface area contributed by atoms with E-state index in [1.165, 1.54) is 5.57 Å². The number of rotatable bonds is 6. The van der Waals surface area contributed by atoms with Crippen LogP contribution >= 0.6 is 0 Å². The second-order valence-corrected chi connectivity index (χ2v) is 10.6. The summed E-state index contributed by atoms with van der Waals surface area (Å²) in [6.07, 6.45) is 7.30. The average molecular weight is 493 g/mol. The van der Waals surface area contributed by atoms with Crippen LogP contribution in [0.25, 0.3) is 5.57 Å². The fourth-order valence-corrected chi connectivity index (χ4v) is 5.97. The second kappa shape index (κ2) is 9.66. The highest BCUT2D eigenvalue weighted by Gasteiger charge is 2.40. The van der Waals surface area contributed by atoms with Crippen LogP contribution < -0.4 is 16.0 Å². The van der Waals surface area contributed by atoms with E-state index in [4.69, 9.17) is 20.4 Å². The highest BCUT2D eigenvalue weighted by Crippen LogP contribution is 2.39. The van der Waals surface area contributed by atoms with Gasteiger partial charge in [0.2, 0.25) is 5.95 Å². The Morgan fingerprint density at radius 1 is 1.31 bits per heavy atom. The lowest BCUT2D eigenvalue weighted by Gasteiger charge is -2.42. The molecule has 1 aliphatic carbocycles. The topological polar surface area (TPSA) is 123 Å². The molecule has 4 heterocycles. The number of anilines is 2. The first-order valence-electron chi connectivity index (χ1n) is 11.8. The molecule has 0 aromatic carbocycles. The van der Waals surface area contributed by atoms with Crippen LogP contribution in [0.15, 0.2) is 29.3 Å². The van der Waals surface area contributed by atoms with Crippen LogP contribution in [0.5, 0.6) is 0 Å². The van der Waals surface area contributed by atoms with Crippen molar-refractivity contribution < 1.29 is 13.7 Å². The molecule has 0 bridgehead atoms. The Labute approximate surface area is 207 Å². The van der Waals surface area contributed by atoms with Crippen LogP contribution in [-0.4, -0.2) is 56.2 Å². The van der Waals surface area contributed by atoms with Crippen molar-refractivity contribution >= 4 is 34.2 Å². The quantitative estimate of drug-likeness (QED) is 0.590. The maximum absolute atomic E-state index is 12.7. The third kappa shape index (κ3) is 4.86. The molecule has 9 nitrogen and oxygen atoms in total. The Bertz CT molecular complexity index is 1260. The number of aryl methyl sites for hydroxylation is 1. The van der Waals surface area contributed by atoms with E-state index in [1.807, 2.05) is 19.1 Å². The molecule has 1 atom stereocenters. The fraction of sp³-hybridized carbons (Fsp3) is 0.440. The fourth-order valence-electron chi connectivity index (χ4n) is 4.67. The van der Waals surface area contributed by atoms with E-state index >= 15 is 0 Å². The zero-order valence-electron chi connectivity index (χ0n) is 19.7. The Morgan fingerprint density at radius 2 is 2.17 bits per heavy atom. The molecule has 0 spiro atoms. The molecule has 3 aliphatic rings. The number of hydrogen-bond donors (Lipinski definition) is 2. The van der Waals surface area contributed by atoms with Crippen LogP contribution in [0.2, 0.25) is 0 Å². The number of primary amides is 1. The molecule has 1 amide bonds. The summed E-state index contributed by atoms with van der Waals surface area (Å²) in [7, 11) is -1.15. The smallest absolute Gasteiger partial charge is 0.404 e. The largest absolute Gasteiger partial charge is 0.447 e. The van der Waals surface area contributed by atoms with E-state index in [2.05, 4.69) is 33.1 Å². The van der Waals surface area contributed by atoms with Gasteiger partial charge in [-0.05, 0) is 50.3 Å². The molecule has 2 aromatic heterocycles. The third-order valence-corrected chi connectivity index (χ3v) is 8.17. The van der Waals surface area contributed by atoms with Gasteiger partial charge in [0, 0.05) is 37.0 Å². The summed E-state index contributed by atoms with van der Waals surface area (Å²) in [5.41, 5.74) is 8.64. The zero-order valence-corrected chi connectivity index (χ0v) is 20.5. The van der Waals surface area contributed by atoms with Gasteiger partial charge in [-0.1, -0.05) is 12.0 Å². The van der Waals surface area contributed by atoms with Gasteiger partial charge in [0.1, 0.15) is 17.3 Å². The molecule has 2 aliphatic heterocycles. The van der Waals surface area contributed by atoms with Crippen LogP contribution in [0.4, 0.5) is 16.6 Å². The van der Waals surface area contributed by atoms with E-state index in [-0.39, 0.29) is 6.61 Å². The molecule has 0 saturated heterocycles. The molecule has 5 rings (SSSR count). The van der Waals surface area contributed by atoms with Gasteiger partial charge < -0.3 is 20.7 Å². The predicted molar refractivity (Wildman–Crippen MR) is 134 cm³/mol. The van der Waals surface area contributed by atoms with Crippen molar-refractivity contribution in [2.75, 3.05) is 35.7 Å². The number of aromatic nitrogens is 3. The first-order chi connectivity index (χ1) is 17.0. The second-order valence-electron chi connectivity index (χ2n) is 9.05. The summed E-state index contributed by atoms with van der Waals surface area (Å²) >= 11 is 0. The van der Waals surface area contributed by atoms with Gasteiger partial charge in [0.15, 0.2) is 0 Å². The summed E-state index contributed by atoms with van der Waals surface area (Å²) in [4.78, 5) is 28.2. The highest BCUT2D eigenvalue weighted by atomic mass is 32.2. The standard InChI is InChI=1S/C25H28N6O3S/c1-2-4-17-5-6-19(27-15-17)18-7-12-31(13-8-18)24-28-20-9-14-35(33)21(20)22(29-24)30-25(10-3-11-25)16-34-23(26)32/h5-7,15H,3,8-14,16H2,1H3,(H2,26,32)(H,28,29,30)/t35-/m1/s1. The average Bonchev–Trinajstić information content (AvgIpc) is 3.22. The number of nitrogens with two attached hydrogens (primary N) is 1. The summed E-state index contributed by atoms with van der Waals surface area (Å²) in [5.74, 6) is 7.65. The lowest BCUT2D eigenvalue weighted by molar-refractivity contribution is 0.101. The SMILES string of the molecule is CC#Cc1ccc(C2=CCN(c3nc4c(c(NC5(COC(N)=O)CCC5)n3)[S@](=O)CC4)CC2)nc1. The molecule has 1 saturated carbocycles. The van der Waals surface area contributed by atoms with Gasteiger partial charge in [-0.2, -0.15) is 4.98 Å². The molecule has 3 N–H and O–H groups in total. The summed E-state index contributed by atoms with van der Waals surface area (Å²) in [6.45, 7) is 3.38. The first kappa shape index (κ1) is 23.3. The summed E-state index contributed by atoms with van der Waals surface area (Å²) < 4.78 is 17.9. The number of carbonyl (C=O) groups excluding carboxylic acids is 1. The third-order valence-electron chi connectivity index (χ3n) is 6.71. The van der Waals surface area contributed by atoms with Crippen molar-refractivity contribution in [2.24, 2.45) is 5.73 Å². The van der Waals surface area contributed by atoms with E-state index in [9.17, 15) is 9.00 Å². The van der Waals surface area contributed by atoms with E-state index < -0.39 is 22.4 Å². The van der Waals surface area contributed by atoms with Crippen molar-refractivity contribution in [3.63, 3.8) is 0 Å². The Morgan fingerprint density at radius 3 is 2.80 bits per heavy atom. The minimum atomic E-state index is -1.15. The van der Waals surface area contributed by atoms with E-state index in [0.29, 0.717) is 35.4 Å². The predicted octanol–water partition coefficient (Wildman–Crippen LogP) is 2.63.